The van der Waals surface area contributed by atoms with Crippen LogP contribution < -0.4 is 4.90 Å². The normalized spacial score (nSPS) is 13.8. The van der Waals surface area contributed by atoms with Gasteiger partial charge >= 0.3 is 0 Å². The minimum absolute atomic E-state index is 0.0348. The number of aromatic nitrogens is 4. The van der Waals surface area contributed by atoms with Gasteiger partial charge in [-0.05, 0) is 42.2 Å². The zero-order valence-electron chi connectivity index (χ0n) is 18.3. The molecule has 0 radical (unpaired) electrons. The van der Waals surface area contributed by atoms with E-state index in [4.69, 9.17) is 4.98 Å². The largest absolute Gasteiger partial charge is 0.365 e. The van der Waals surface area contributed by atoms with Gasteiger partial charge in [-0.25, -0.2) is 15.0 Å². The van der Waals surface area contributed by atoms with Crippen molar-refractivity contribution in [3.8, 4) is 11.5 Å². The summed E-state index contributed by atoms with van der Waals surface area (Å²) >= 11 is 0. The van der Waals surface area contributed by atoms with Gasteiger partial charge in [0.15, 0.2) is 5.82 Å². The van der Waals surface area contributed by atoms with Crippen LogP contribution in [0.25, 0.3) is 11.5 Å². The van der Waals surface area contributed by atoms with Crippen LogP contribution in [-0.2, 0) is 18.4 Å². The second kappa shape index (κ2) is 7.65. The first-order valence-electron chi connectivity index (χ1n) is 10.8. The highest BCUT2D eigenvalue weighted by Gasteiger charge is 2.24. The number of hydrogen-bond donors (Lipinski definition) is 1. The van der Waals surface area contributed by atoms with E-state index in [-0.39, 0.29) is 5.41 Å². The average Bonchev–Trinajstić information content (AvgIpc) is 3.34. The number of anilines is 1. The van der Waals surface area contributed by atoms with E-state index in [1.807, 2.05) is 6.20 Å². The molecule has 1 aliphatic rings. The van der Waals surface area contributed by atoms with Gasteiger partial charge in [0.05, 0.1) is 24.8 Å². The van der Waals surface area contributed by atoms with Gasteiger partial charge < -0.3 is 9.88 Å². The molecule has 2 aromatic heterocycles. The van der Waals surface area contributed by atoms with Crippen molar-refractivity contribution in [2.75, 3.05) is 11.4 Å². The first kappa shape index (κ1) is 19.5. The highest BCUT2D eigenvalue weighted by atomic mass is 15.1. The number of nitrogens with zero attached hydrogens (tertiary/aromatic N) is 4. The van der Waals surface area contributed by atoms with Crippen LogP contribution in [0.1, 0.15) is 41.8 Å². The molecule has 5 nitrogen and oxygen atoms in total. The molecule has 0 unspecified atom stereocenters. The summed E-state index contributed by atoms with van der Waals surface area (Å²) in [6, 6.07) is 17.9. The third-order valence-corrected chi connectivity index (χ3v) is 6.41. The quantitative estimate of drug-likeness (QED) is 0.512. The summed E-state index contributed by atoms with van der Waals surface area (Å²) in [7, 11) is 0. The molecule has 0 fully saturated rings. The number of hydrogen-bond acceptors (Lipinski definition) is 4. The molecule has 5 rings (SSSR count). The van der Waals surface area contributed by atoms with E-state index >= 15 is 0 Å². The van der Waals surface area contributed by atoms with E-state index in [1.54, 1.807) is 12.5 Å². The molecule has 2 aromatic carbocycles. The molecule has 0 aliphatic carbocycles. The lowest BCUT2D eigenvalue weighted by Gasteiger charge is -2.31. The summed E-state index contributed by atoms with van der Waals surface area (Å²) in [4.78, 5) is 18.9. The van der Waals surface area contributed by atoms with Gasteiger partial charge in [-0.2, -0.15) is 0 Å². The fourth-order valence-electron chi connectivity index (χ4n) is 4.26. The van der Waals surface area contributed by atoms with Crippen LogP contribution in [0.2, 0.25) is 0 Å². The summed E-state index contributed by atoms with van der Waals surface area (Å²) in [5.74, 6) is 0.702. The van der Waals surface area contributed by atoms with Crippen molar-refractivity contribution in [3.05, 3.63) is 95.2 Å². The van der Waals surface area contributed by atoms with E-state index in [9.17, 15) is 0 Å². The van der Waals surface area contributed by atoms with Crippen LogP contribution in [0.4, 0.5) is 5.69 Å². The van der Waals surface area contributed by atoms with Crippen LogP contribution >= 0.6 is 0 Å². The number of fused-ring (bicyclic) bond motifs is 1. The first-order valence-corrected chi connectivity index (χ1v) is 10.8. The fourth-order valence-corrected chi connectivity index (χ4v) is 4.26. The van der Waals surface area contributed by atoms with Gasteiger partial charge in [0, 0.05) is 23.8 Å². The molecular formula is C26H27N5. The maximum absolute atomic E-state index is 4.81. The van der Waals surface area contributed by atoms with E-state index < -0.39 is 0 Å². The number of rotatable bonds is 4. The predicted octanol–water partition coefficient (Wildman–Crippen LogP) is 5.06. The second-order valence-corrected chi connectivity index (χ2v) is 8.84. The Labute approximate surface area is 183 Å². The molecule has 0 saturated carbocycles. The number of nitrogens with one attached hydrogen (secondary N) is 1. The maximum atomic E-state index is 4.81. The Morgan fingerprint density at radius 3 is 2.32 bits per heavy atom. The van der Waals surface area contributed by atoms with Gasteiger partial charge in [0.1, 0.15) is 5.69 Å². The Morgan fingerprint density at radius 1 is 0.935 bits per heavy atom. The van der Waals surface area contributed by atoms with Crippen molar-refractivity contribution >= 4 is 5.69 Å². The molecule has 0 atom stereocenters. The monoisotopic (exact) mass is 409 g/mol. The summed E-state index contributed by atoms with van der Waals surface area (Å²) in [6.45, 7) is 8.47. The van der Waals surface area contributed by atoms with Gasteiger partial charge in [-0.1, -0.05) is 55.8 Å². The highest BCUT2D eigenvalue weighted by Crippen LogP contribution is 2.33. The lowest BCUT2D eigenvalue weighted by atomic mass is 9.78. The number of benzene rings is 2. The minimum atomic E-state index is -0.0348. The molecule has 3 heterocycles. The molecule has 0 bridgehead atoms. The lowest BCUT2D eigenvalue weighted by molar-refractivity contribution is 0.640. The zero-order chi connectivity index (χ0) is 21.4. The Bertz CT molecular complexity index is 1180. The summed E-state index contributed by atoms with van der Waals surface area (Å²) < 4.78 is 0. The van der Waals surface area contributed by atoms with Crippen molar-refractivity contribution in [2.45, 2.75) is 39.2 Å². The molecule has 0 spiro atoms. The van der Waals surface area contributed by atoms with Gasteiger partial charge in [-0.3, -0.25) is 0 Å². The van der Waals surface area contributed by atoms with Crippen LogP contribution in [0.3, 0.4) is 0 Å². The molecular weight excluding hydrogens is 382 g/mol. The van der Waals surface area contributed by atoms with Crippen LogP contribution in [0.5, 0.6) is 0 Å². The molecule has 1 N–H and O–H groups in total. The summed E-state index contributed by atoms with van der Waals surface area (Å²) in [5, 5.41) is 0. The molecule has 4 aromatic rings. The SMILES string of the molecule is Cc1ccc(C(C)(C)c2ccc(N3CCc4cnc(-c5cnc[nH]5)nc4C3)cc2)cc1. The van der Waals surface area contributed by atoms with Gasteiger partial charge in [-0.15, -0.1) is 0 Å². The number of aromatic amines is 1. The van der Waals surface area contributed by atoms with Crippen molar-refractivity contribution in [2.24, 2.45) is 0 Å². The molecule has 0 saturated heterocycles. The molecule has 156 valence electrons. The highest BCUT2D eigenvalue weighted by molar-refractivity contribution is 5.53. The summed E-state index contributed by atoms with van der Waals surface area (Å²) in [5.41, 5.74) is 8.32. The topological polar surface area (TPSA) is 57.7 Å². The third kappa shape index (κ3) is 3.72. The van der Waals surface area contributed by atoms with Crippen molar-refractivity contribution in [1.29, 1.82) is 0 Å². The van der Waals surface area contributed by atoms with Crippen LogP contribution in [0, 0.1) is 6.92 Å². The van der Waals surface area contributed by atoms with E-state index in [1.165, 1.54) is 27.9 Å². The Kier molecular flexibility index (Phi) is 4.81. The third-order valence-electron chi connectivity index (χ3n) is 6.41. The molecule has 1 aliphatic heterocycles. The lowest BCUT2D eigenvalue weighted by Crippen LogP contribution is -2.31. The van der Waals surface area contributed by atoms with Crippen molar-refractivity contribution in [3.63, 3.8) is 0 Å². The zero-order valence-corrected chi connectivity index (χ0v) is 18.3. The minimum Gasteiger partial charge on any atom is -0.365 e. The van der Waals surface area contributed by atoms with Gasteiger partial charge in [0.25, 0.3) is 0 Å². The molecule has 31 heavy (non-hydrogen) atoms. The second-order valence-electron chi connectivity index (χ2n) is 8.84. The number of imidazole rings is 1. The number of H-pyrrole nitrogens is 1. The molecule has 0 amide bonds. The molecule has 5 heteroatoms. The number of aryl methyl sites for hydroxylation is 1. The smallest absolute Gasteiger partial charge is 0.177 e. The Balaban J connectivity index is 1.37. The van der Waals surface area contributed by atoms with E-state index in [0.29, 0.717) is 5.82 Å². The fraction of sp³-hybridized carbons (Fsp3) is 0.269. The van der Waals surface area contributed by atoms with Crippen LogP contribution in [0.15, 0.2) is 67.3 Å². The van der Waals surface area contributed by atoms with E-state index in [0.717, 1.165) is 30.9 Å². The first-order chi connectivity index (χ1) is 15.0. The predicted molar refractivity (Wildman–Crippen MR) is 124 cm³/mol. The van der Waals surface area contributed by atoms with Crippen molar-refractivity contribution < 1.29 is 0 Å². The van der Waals surface area contributed by atoms with Crippen molar-refractivity contribution in [1.82, 2.24) is 19.9 Å². The standard InChI is InChI=1S/C26H27N5/c1-18-4-6-20(7-5-18)26(2,3)21-8-10-22(11-9-21)31-13-12-19-14-28-25(30-24(19)16-31)23-15-27-17-29-23/h4-11,14-15,17H,12-13,16H2,1-3H3,(H,27,29). The summed E-state index contributed by atoms with van der Waals surface area (Å²) in [6.07, 6.45) is 6.33. The average molecular weight is 410 g/mol. The van der Waals surface area contributed by atoms with Crippen LogP contribution in [-0.4, -0.2) is 26.5 Å². The van der Waals surface area contributed by atoms with Gasteiger partial charge in [0.2, 0.25) is 0 Å². The Hall–Kier alpha value is -3.47. The van der Waals surface area contributed by atoms with E-state index in [2.05, 4.69) is 89.2 Å². The Morgan fingerprint density at radius 2 is 1.65 bits per heavy atom. The maximum Gasteiger partial charge on any atom is 0.177 e.